The zero-order chi connectivity index (χ0) is 14.4. The average Bonchev–Trinajstić information content (AvgIpc) is 2.77. The van der Waals surface area contributed by atoms with Crippen LogP contribution in [0.5, 0.6) is 0 Å². The fourth-order valence-corrected chi connectivity index (χ4v) is 2.95. The number of nitrogens with zero attached hydrogens (tertiary/aromatic N) is 2. The molecule has 0 aliphatic heterocycles. The second-order valence-corrected chi connectivity index (χ2v) is 5.71. The Labute approximate surface area is 121 Å². The number of rotatable bonds is 6. The zero-order valence-corrected chi connectivity index (χ0v) is 12.9. The van der Waals surface area contributed by atoms with Crippen molar-refractivity contribution in [1.29, 1.82) is 0 Å². The molecule has 3 unspecified atom stereocenters. The van der Waals surface area contributed by atoms with Crippen molar-refractivity contribution < 1.29 is 9.26 Å². The number of ether oxygens (including phenoxy) is 1. The normalized spacial score (nSPS) is 25.4. The van der Waals surface area contributed by atoms with Crippen molar-refractivity contribution in [2.75, 3.05) is 13.7 Å². The van der Waals surface area contributed by atoms with Crippen molar-refractivity contribution in [3.05, 3.63) is 11.7 Å². The van der Waals surface area contributed by atoms with Crippen LogP contribution in [0.1, 0.15) is 63.6 Å². The number of hydrogen-bond donors (Lipinski definition) is 1. The summed E-state index contributed by atoms with van der Waals surface area (Å²) in [7, 11) is 1.71. The van der Waals surface area contributed by atoms with Gasteiger partial charge in [0, 0.05) is 19.6 Å². The van der Waals surface area contributed by atoms with Gasteiger partial charge in [0.15, 0.2) is 5.82 Å². The molecule has 3 atom stereocenters. The quantitative estimate of drug-likeness (QED) is 0.812. The van der Waals surface area contributed by atoms with E-state index in [1.54, 1.807) is 7.11 Å². The van der Waals surface area contributed by atoms with Crippen molar-refractivity contribution in [2.24, 2.45) is 0 Å². The first kappa shape index (κ1) is 15.4. The molecule has 1 aromatic heterocycles. The smallest absolute Gasteiger partial charge is 0.231 e. The lowest BCUT2D eigenvalue weighted by molar-refractivity contribution is 0.116. The average molecular weight is 281 g/mol. The summed E-state index contributed by atoms with van der Waals surface area (Å²) in [5.41, 5.74) is 0. The van der Waals surface area contributed by atoms with Crippen LogP contribution in [-0.4, -0.2) is 35.9 Å². The van der Waals surface area contributed by atoms with E-state index in [1.165, 1.54) is 25.7 Å². The Kier molecular flexibility index (Phi) is 5.98. The van der Waals surface area contributed by atoms with E-state index >= 15 is 0 Å². The van der Waals surface area contributed by atoms with E-state index in [0.717, 1.165) is 24.7 Å². The van der Waals surface area contributed by atoms with Gasteiger partial charge in [0.05, 0.1) is 12.0 Å². The van der Waals surface area contributed by atoms with Crippen LogP contribution in [0.3, 0.4) is 0 Å². The molecule has 1 heterocycles. The van der Waals surface area contributed by atoms with E-state index in [1.807, 2.05) is 6.92 Å². The van der Waals surface area contributed by atoms with Gasteiger partial charge < -0.3 is 14.6 Å². The fourth-order valence-electron chi connectivity index (χ4n) is 2.95. The number of likely N-dealkylation sites (N-methyl/N-ethyl adjacent to an activating group) is 1. The summed E-state index contributed by atoms with van der Waals surface area (Å²) in [5, 5.41) is 7.69. The maximum absolute atomic E-state index is 5.52. The van der Waals surface area contributed by atoms with Gasteiger partial charge in [-0.15, -0.1) is 0 Å². The van der Waals surface area contributed by atoms with Gasteiger partial charge in [0.2, 0.25) is 5.89 Å². The highest BCUT2D eigenvalue weighted by Gasteiger charge is 2.29. The Morgan fingerprint density at radius 3 is 2.90 bits per heavy atom. The molecule has 1 saturated carbocycles. The Morgan fingerprint density at radius 1 is 1.35 bits per heavy atom. The minimum atomic E-state index is 0.124. The third-order valence-electron chi connectivity index (χ3n) is 4.16. The first-order chi connectivity index (χ1) is 9.74. The lowest BCUT2D eigenvalue weighted by Gasteiger charge is -2.22. The van der Waals surface area contributed by atoms with E-state index < -0.39 is 0 Å². The minimum absolute atomic E-state index is 0.124. The van der Waals surface area contributed by atoms with Crippen molar-refractivity contribution in [2.45, 2.75) is 70.4 Å². The molecule has 1 aliphatic carbocycles. The first-order valence-corrected chi connectivity index (χ1v) is 7.83. The molecule has 5 heteroatoms. The van der Waals surface area contributed by atoms with Crippen LogP contribution in [0.25, 0.3) is 0 Å². The van der Waals surface area contributed by atoms with Crippen LogP contribution in [0.2, 0.25) is 0 Å². The van der Waals surface area contributed by atoms with Crippen LogP contribution in [0.4, 0.5) is 0 Å². The molecule has 1 aliphatic rings. The molecule has 5 nitrogen and oxygen atoms in total. The second kappa shape index (κ2) is 7.74. The third-order valence-corrected chi connectivity index (χ3v) is 4.16. The zero-order valence-electron chi connectivity index (χ0n) is 12.9. The van der Waals surface area contributed by atoms with Crippen LogP contribution < -0.4 is 5.32 Å². The van der Waals surface area contributed by atoms with Crippen LogP contribution in [0.15, 0.2) is 4.52 Å². The highest BCUT2D eigenvalue weighted by Crippen LogP contribution is 2.31. The van der Waals surface area contributed by atoms with E-state index in [2.05, 4.69) is 22.4 Å². The molecule has 20 heavy (non-hydrogen) atoms. The second-order valence-electron chi connectivity index (χ2n) is 5.71. The van der Waals surface area contributed by atoms with Gasteiger partial charge in [0.1, 0.15) is 0 Å². The summed E-state index contributed by atoms with van der Waals surface area (Å²) in [6, 6.07) is 0.468. The van der Waals surface area contributed by atoms with E-state index in [0.29, 0.717) is 18.4 Å². The van der Waals surface area contributed by atoms with Crippen molar-refractivity contribution in [3.63, 3.8) is 0 Å². The van der Waals surface area contributed by atoms with Crippen LogP contribution in [0, 0.1) is 0 Å². The summed E-state index contributed by atoms with van der Waals surface area (Å²) < 4.78 is 10.8. The molecule has 0 aromatic carbocycles. The van der Waals surface area contributed by atoms with Gasteiger partial charge in [-0.3, -0.25) is 0 Å². The predicted molar refractivity (Wildman–Crippen MR) is 77.8 cm³/mol. The Morgan fingerprint density at radius 2 is 2.15 bits per heavy atom. The van der Waals surface area contributed by atoms with Gasteiger partial charge in [-0.1, -0.05) is 31.3 Å². The van der Waals surface area contributed by atoms with Gasteiger partial charge in [-0.25, -0.2) is 0 Å². The maximum atomic E-state index is 5.52. The fraction of sp³-hybridized carbons (Fsp3) is 0.867. The largest absolute Gasteiger partial charge is 0.381 e. The van der Waals surface area contributed by atoms with Crippen LogP contribution >= 0.6 is 0 Å². The molecule has 0 saturated heterocycles. The van der Waals surface area contributed by atoms with Crippen molar-refractivity contribution in [3.8, 4) is 0 Å². The van der Waals surface area contributed by atoms with Gasteiger partial charge >= 0.3 is 0 Å². The topological polar surface area (TPSA) is 60.2 Å². The standard InChI is InChI=1S/C15H27N3O2/c1-4-16-13-9-7-5-6-8-12(13)15-17-14(18-20-15)10-11(2)19-3/h11-13,16H,4-10H2,1-3H3. The first-order valence-electron chi connectivity index (χ1n) is 7.83. The van der Waals surface area contributed by atoms with Gasteiger partial charge in [-0.2, -0.15) is 4.98 Å². The number of aromatic nitrogens is 2. The van der Waals surface area contributed by atoms with Crippen molar-refractivity contribution >= 4 is 0 Å². The molecule has 114 valence electrons. The summed E-state index contributed by atoms with van der Waals surface area (Å²) in [6.07, 6.45) is 7.01. The third kappa shape index (κ3) is 4.03. The molecule has 1 N–H and O–H groups in total. The molecule has 0 bridgehead atoms. The lowest BCUT2D eigenvalue weighted by atomic mass is 9.94. The van der Waals surface area contributed by atoms with E-state index in [4.69, 9.17) is 9.26 Å². The summed E-state index contributed by atoms with van der Waals surface area (Å²) >= 11 is 0. The molecule has 2 rings (SSSR count). The molecule has 1 aromatic rings. The lowest BCUT2D eigenvalue weighted by Crippen LogP contribution is -2.34. The highest BCUT2D eigenvalue weighted by molar-refractivity contribution is 5.01. The monoisotopic (exact) mass is 281 g/mol. The highest BCUT2D eigenvalue weighted by atomic mass is 16.5. The Hall–Kier alpha value is -0.940. The molecule has 0 spiro atoms. The SMILES string of the molecule is CCNC1CCCCCC1c1nc(CC(C)OC)no1. The summed E-state index contributed by atoms with van der Waals surface area (Å²) in [6.45, 7) is 5.16. The van der Waals surface area contributed by atoms with E-state index in [-0.39, 0.29) is 6.10 Å². The molecule has 1 fully saturated rings. The molecular formula is C15H27N3O2. The molecule has 0 radical (unpaired) electrons. The van der Waals surface area contributed by atoms with Crippen molar-refractivity contribution in [1.82, 2.24) is 15.5 Å². The summed E-state index contributed by atoms with van der Waals surface area (Å²) in [5.74, 6) is 1.92. The number of nitrogens with one attached hydrogen (secondary N) is 1. The molecular weight excluding hydrogens is 254 g/mol. The number of methoxy groups -OCH3 is 1. The number of hydrogen-bond acceptors (Lipinski definition) is 5. The van der Waals surface area contributed by atoms with Crippen LogP contribution in [-0.2, 0) is 11.2 Å². The summed E-state index contributed by atoms with van der Waals surface area (Å²) in [4.78, 5) is 4.60. The maximum Gasteiger partial charge on any atom is 0.231 e. The Balaban J connectivity index is 2.06. The molecule has 0 amide bonds. The minimum Gasteiger partial charge on any atom is -0.381 e. The Bertz CT molecular complexity index is 394. The predicted octanol–water partition coefficient (Wildman–Crippen LogP) is 2.67. The van der Waals surface area contributed by atoms with Gasteiger partial charge in [0.25, 0.3) is 0 Å². The van der Waals surface area contributed by atoms with Gasteiger partial charge in [-0.05, 0) is 26.3 Å². The van der Waals surface area contributed by atoms with E-state index in [9.17, 15) is 0 Å².